The third-order valence-corrected chi connectivity index (χ3v) is 4.51. The Labute approximate surface area is 145 Å². The van der Waals surface area contributed by atoms with Gasteiger partial charge in [-0.15, -0.1) is 0 Å². The topological polar surface area (TPSA) is 67.9 Å². The second kappa shape index (κ2) is 6.12. The zero-order valence-corrected chi connectivity index (χ0v) is 13.9. The number of aryl methyl sites for hydroxylation is 1. The number of ether oxygens (including phenoxy) is 2. The van der Waals surface area contributed by atoms with E-state index in [4.69, 9.17) is 9.47 Å². The summed E-state index contributed by atoms with van der Waals surface area (Å²) < 4.78 is 10.7. The highest BCUT2D eigenvalue weighted by Crippen LogP contribution is 2.33. The van der Waals surface area contributed by atoms with Crippen molar-refractivity contribution in [3.8, 4) is 11.5 Å². The fourth-order valence-electron chi connectivity index (χ4n) is 3.27. The number of hydrogen-bond donors (Lipinski definition) is 1. The van der Waals surface area contributed by atoms with Gasteiger partial charge >= 0.3 is 0 Å². The van der Waals surface area contributed by atoms with Crippen molar-refractivity contribution in [3.63, 3.8) is 0 Å². The van der Waals surface area contributed by atoms with Crippen LogP contribution in [0.3, 0.4) is 0 Å². The van der Waals surface area contributed by atoms with Gasteiger partial charge in [-0.05, 0) is 54.8 Å². The standard InChI is InChI=1S/C19H18N2O4/c1-24-14-5-7-16-12(9-14)3-2-8-21(16)19(23)13-4-6-15-17(10-13)25-11-18(22)20-15/h4-7,9-10H,2-3,8,11H2,1H3,(H,20,22). The van der Waals surface area contributed by atoms with Crippen molar-refractivity contribution in [2.24, 2.45) is 0 Å². The fraction of sp³-hybridized carbons (Fsp3) is 0.263. The molecule has 0 saturated carbocycles. The van der Waals surface area contributed by atoms with Gasteiger partial charge in [0.25, 0.3) is 11.8 Å². The Bertz CT molecular complexity index is 862. The van der Waals surface area contributed by atoms with Crippen molar-refractivity contribution in [1.82, 2.24) is 0 Å². The summed E-state index contributed by atoms with van der Waals surface area (Å²) in [6, 6.07) is 10.9. The number of rotatable bonds is 2. The molecular weight excluding hydrogens is 320 g/mol. The first-order chi connectivity index (χ1) is 12.2. The molecule has 2 heterocycles. The third kappa shape index (κ3) is 2.80. The van der Waals surface area contributed by atoms with Crippen molar-refractivity contribution in [1.29, 1.82) is 0 Å². The van der Waals surface area contributed by atoms with Gasteiger partial charge in [0.05, 0.1) is 12.8 Å². The molecule has 0 aromatic heterocycles. The van der Waals surface area contributed by atoms with Crippen LogP contribution < -0.4 is 19.7 Å². The van der Waals surface area contributed by atoms with Gasteiger partial charge in [0.1, 0.15) is 11.5 Å². The van der Waals surface area contributed by atoms with E-state index in [0.29, 0.717) is 23.5 Å². The molecule has 128 valence electrons. The summed E-state index contributed by atoms with van der Waals surface area (Å²) in [6.07, 6.45) is 1.83. The van der Waals surface area contributed by atoms with Crippen LogP contribution in [0.15, 0.2) is 36.4 Å². The Morgan fingerprint density at radius 1 is 1.24 bits per heavy atom. The van der Waals surface area contributed by atoms with Crippen molar-refractivity contribution >= 4 is 23.2 Å². The number of benzene rings is 2. The summed E-state index contributed by atoms with van der Waals surface area (Å²) >= 11 is 0. The lowest BCUT2D eigenvalue weighted by Gasteiger charge is -2.30. The lowest BCUT2D eigenvalue weighted by Crippen LogP contribution is -2.35. The highest BCUT2D eigenvalue weighted by molar-refractivity contribution is 6.08. The van der Waals surface area contributed by atoms with Crippen molar-refractivity contribution in [2.75, 3.05) is 30.5 Å². The van der Waals surface area contributed by atoms with Crippen LogP contribution in [-0.2, 0) is 11.2 Å². The monoisotopic (exact) mass is 338 g/mol. The molecule has 0 aliphatic carbocycles. The Morgan fingerprint density at radius 3 is 2.96 bits per heavy atom. The maximum absolute atomic E-state index is 13.0. The van der Waals surface area contributed by atoms with E-state index in [1.807, 2.05) is 18.2 Å². The van der Waals surface area contributed by atoms with E-state index >= 15 is 0 Å². The molecule has 0 atom stereocenters. The van der Waals surface area contributed by atoms with Gasteiger partial charge in [-0.2, -0.15) is 0 Å². The summed E-state index contributed by atoms with van der Waals surface area (Å²) in [5.74, 6) is 1.06. The average molecular weight is 338 g/mol. The van der Waals surface area contributed by atoms with Crippen LogP contribution in [0.1, 0.15) is 22.3 Å². The number of carbonyl (C=O) groups is 2. The summed E-state index contributed by atoms with van der Waals surface area (Å²) in [4.78, 5) is 26.2. The molecule has 0 spiro atoms. The van der Waals surface area contributed by atoms with Gasteiger partial charge in [-0.1, -0.05) is 0 Å². The molecule has 25 heavy (non-hydrogen) atoms. The Kier molecular flexibility index (Phi) is 3.80. The zero-order chi connectivity index (χ0) is 17.4. The van der Waals surface area contributed by atoms with E-state index in [2.05, 4.69) is 5.32 Å². The van der Waals surface area contributed by atoms with E-state index in [1.165, 1.54) is 0 Å². The van der Waals surface area contributed by atoms with Crippen LogP contribution in [0.4, 0.5) is 11.4 Å². The van der Waals surface area contributed by atoms with Crippen LogP contribution in [0.25, 0.3) is 0 Å². The molecule has 2 aromatic carbocycles. The summed E-state index contributed by atoms with van der Waals surface area (Å²) in [5.41, 5.74) is 3.17. The van der Waals surface area contributed by atoms with Crippen LogP contribution in [0, 0.1) is 0 Å². The van der Waals surface area contributed by atoms with Gasteiger partial charge in [-0.3, -0.25) is 9.59 Å². The first kappa shape index (κ1) is 15.5. The van der Waals surface area contributed by atoms with Crippen LogP contribution in [0.5, 0.6) is 11.5 Å². The van der Waals surface area contributed by atoms with Crippen molar-refractivity contribution < 1.29 is 19.1 Å². The second-order valence-corrected chi connectivity index (χ2v) is 6.10. The number of carbonyl (C=O) groups excluding carboxylic acids is 2. The first-order valence-electron chi connectivity index (χ1n) is 8.21. The van der Waals surface area contributed by atoms with Gasteiger partial charge in [0.2, 0.25) is 0 Å². The number of methoxy groups -OCH3 is 1. The van der Waals surface area contributed by atoms with Crippen molar-refractivity contribution in [3.05, 3.63) is 47.5 Å². The molecule has 0 fully saturated rings. The number of fused-ring (bicyclic) bond motifs is 2. The van der Waals surface area contributed by atoms with E-state index < -0.39 is 0 Å². The molecule has 2 aliphatic rings. The fourth-order valence-corrected chi connectivity index (χ4v) is 3.27. The van der Waals surface area contributed by atoms with E-state index in [9.17, 15) is 9.59 Å². The average Bonchev–Trinajstić information content (AvgIpc) is 2.66. The normalized spacial score (nSPS) is 15.6. The Morgan fingerprint density at radius 2 is 2.12 bits per heavy atom. The number of hydrogen-bond acceptors (Lipinski definition) is 4. The summed E-state index contributed by atoms with van der Waals surface area (Å²) in [5, 5.41) is 2.73. The summed E-state index contributed by atoms with van der Waals surface area (Å²) in [6.45, 7) is 0.643. The van der Waals surface area contributed by atoms with E-state index in [1.54, 1.807) is 30.2 Å². The van der Waals surface area contributed by atoms with Crippen LogP contribution in [-0.4, -0.2) is 32.1 Å². The lowest BCUT2D eigenvalue weighted by atomic mass is 10.00. The number of nitrogens with zero attached hydrogens (tertiary/aromatic N) is 1. The molecule has 0 bridgehead atoms. The maximum Gasteiger partial charge on any atom is 0.262 e. The highest BCUT2D eigenvalue weighted by Gasteiger charge is 2.25. The van der Waals surface area contributed by atoms with Gasteiger partial charge in [0.15, 0.2) is 6.61 Å². The Balaban J connectivity index is 1.65. The maximum atomic E-state index is 13.0. The quantitative estimate of drug-likeness (QED) is 0.914. The molecule has 0 saturated heterocycles. The third-order valence-electron chi connectivity index (χ3n) is 4.51. The molecule has 2 aliphatic heterocycles. The molecule has 0 radical (unpaired) electrons. The van der Waals surface area contributed by atoms with Gasteiger partial charge in [0, 0.05) is 17.8 Å². The highest BCUT2D eigenvalue weighted by atomic mass is 16.5. The molecule has 0 unspecified atom stereocenters. The summed E-state index contributed by atoms with van der Waals surface area (Å²) in [7, 11) is 1.64. The first-order valence-corrected chi connectivity index (χ1v) is 8.21. The Hall–Kier alpha value is -3.02. The number of amides is 2. The van der Waals surface area contributed by atoms with Crippen LogP contribution >= 0.6 is 0 Å². The minimum Gasteiger partial charge on any atom is -0.497 e. The molecule has 6 nitrogen and oxygen atoms in total. The lowest BCUT2D eigenvalue weighted by molar-refractivity contribution is -0.118. The zero-order valence-electron chi connectivity index (χ0n) is 13.9. The largest absolute Gasteiger partial charge is 0.497 e. The smallest absolute Gasteiger partial charge is 0.262 e. The predicted molar refractivity (Wildman–Crippen MR) is 93.6 cm³/mol. The molecule has 4 rings (SSSR count). The van der Waals surface area contributed by atoms with E-state index in [0.717, 1.165) is 29.8 Å². The SMILES string of the molecule is COc1ccc2c(c1)CCCN2C(=O)c1ccc2c(c1)OCC(=O)N2. The molecule has 2 amide bonds. The molecule has 1 N–H and O–H groups in total. The second-order valence-electron chi connectivity index (χ2n) is 6.10. The van der Waals surface area contributed by atoms with Crippen LogP contribution in [0.2, 0.25) is 0 Å². The van der Waals surface area contributed by atoms with Gasteiger partial charge in [-0.25, -0.2) is 0 Å². The molecule has 2 aromatic rings. The minimum atomic E-state index is -0.189. The molecular formula is C19H18N2O4. The predicted octanol–water partition coefficient (Wildman–Crippen LogP) is 2.62. The van der Waals surface area contributed by atoms with Gasteiger partial charge < -0.3 is 19.7 Å². The number of anilines is 2. The van der Waals surface area contributed by atoms with Crippen molar-refractivity contribution in [2.45, 2.75) is 12.8 Å². The van der Waals surface area contributed by atoms with E-state index in [-0.39, 0.29) is 18.4 Å². The molecule has 6 heteroatoms. The number of nitrogens with one attached hydrogen (secondary N) is 1. The minimum absolute atomic E-state index is 0.0308.